The number of hydrogen-bond acceptors (Lipinski definition) is 5. The summed E-state index contributed by atoms with van der Waals surface area (Å²) in [6.45, 7) is 1.04. The average molecular weight is 479 g/mol. The number of aliphatic hydroxyl groups excluding tert-OH is 1. The molecule has 0 fully saturated rings. The number of ether oxygens (including phenoxy) is 1. The zero-order valence-electron chi connectivity index (χ0n) is 16.6. The van der Waals surface area contributed by atoms with Gasteiger partial charge in [-0.15, -0.1) is 0 Å². The van der Waals surface area contributed by atoms with E-state index in [1.807, 2.05) is 4.90 Å². The Hall–Kier alpha value is -2.43. The van der Waals surface area contributed by atoms with Crippen molar-refractivity contribution in [3.63, 3.8) is 0 Å². The summed E-state index contributed by atoms with van der Waals surface area (Å²) < 4.78 is 45.2. The Morgan fingerprint density at radius 1 is 1.29 bits per heavy atom. The zero-order chi connectivity index (χ0) is 22.9. The molecule has 2 aromatic rings. The molecule has 12 heteroatoms. The number of benzene rings is 1. The fourth-order valence-electron chi connectivity index (χ4n) is 3.18. The SMILES string of the molecule is COc1cc(N2C=C(CO)N(C(=O)Cn3nc(C(F)(F)F)c(Cl)c3C)CC2)ccc1Cl. The molecule has 1 aliphatic heterocycles. The van der Waals surface area contributed by atoms with Crippen LogP contribution in [0.2, 0.25) is 10.0 Å². The van der Waals surface area contributed by atoms with Crippen LogP contribution in [0.1, 0.15) is 11.4 Å². The fraction of sp³-hybridized carbons (Fsp3) is 0.368. The lowest BCUT2D eigenvalue weighted by Crippen LogP contribution is -2.44. The second-order valence-corrected chi connectivity index (χ2v) is 7.52. The normalized spacial score (nSPS) is 14.6. The molecule has 168 valence electrons. The monoisotopic (exact) mass is 478 g/mol. The number of aromatic nitrogens is 2. The van der Waals surface area contributed by atoms with Crippen LogP contribution in [-0.4, -0.2) is 52.5 Å². The van der Waals surface area contributed by atoms with E-state index in [2.05, 4.69) is 5.10 Å². The van der Waals surface area contributed by atoms with Crippen molar-refractivity contribution in [3.05, 3.63) is 51.5 Å². The van der Waals surface area contributed by atoms with Crippen molar-refractivity contribution in [3.8, 4) is 5.75 Å². The Morgan fingerprint density at radius 2 is 2.00 bits per heavy atom. The molecular formula is C19H19Cl2F3N4O3. The third-order valence-electron chi connectivity index (χ3n) is 4.83. The topological polar surface area (TPSA) is 70.8 Å². The van der Waals surface area contributed by atoms with Crippen LogP contribution in [0.5, 0.6) is 5.75 Å². The number of hydrogen-bond donors (Lipinski definition) is 1. The molecule has 0 radical (unpaired) electrons. The molecule has 0 atom stereocenters. The molecule has 3 rings (SSSR count). The number of anilines is 1. The smallest absolute Gasteiger partial charge is 0.436 e. The van der Waals surface area contributed by atoms with Gasteiger partial charge in [-0.1, -0.05) is 23.2 Å². The Morgan fingerprint density at radius 3 is 2.58 bits per heavy atom. The maximum absolute atomic E-state index is 13.0. The highest BCUT2D eigenvalue weighted by molar-refractivity contribution is 6.32. The van der Waals surface area contributed by atoms with E-state index in [0.29, 0.717) is 17.3 Å². The van der Waals surface area contributed by atoms with Gasteiger partial charge in [-0.2, -0.15) is 18.3 Å². The summed E-state index contributed by atoms with van der Waals surface area (Å²) in [6.07, 6.45) is -3.13. The quantitative estimate of drug-likeness (QED) is 0.709. The van der Waals surface area contributed by atoms with Gasteiger partial charge < -0.3 is 19.6 Å². The van der Waals surface area contributed by atoms with E-state index in [-0.39, 0.29) is 17.9 Å². The predicted octanol–water partition coefficient (Wildman–Crippen LogP) is 3.71. The highest BCUT2D eigenvalue weighted by atomic mass is 35.5. The molecule has 7 nitrogen and oxygen atoms in total. The molecule has 0 saturated heterocycles. The van der Waals surface area contributed by atoms with E-state index in [1.54, 1.807) is 24.4 Å². The van der Waals surface area contributed by atoms with Crippen LogP contribution in [0.4, 0.5) is 18.9 Å². The zero-order valence-corrected chi connectivity index (χ0v) is 18.1. The van der Waals surface area contributed by atoms with Gasteiger partial charge in [0.2, 0.25) is 5.91 Å². The van der Waals surface area contributed by atoms with E-state index >= 15 is 0 Å². The number of rotatable bonds is 5. The summed E-state index contributed by atoms with van der Waals surface area (Å²) >= 11 is 11.8. The van der Waals surface area contributed by atoms with E-state index in [1.165, 1.54) is 18.9 Å². The molecule has 1 aromatic heterocycles. The van der Waals surface area contributed by atoms with Crippen molar-refractivity contribution in [1.29, 1.82) is 0 Å². The van der Waals surface area contributed by atoms with Crippen molar-refractivity contribution in [2.75, 3.05) is 31.7 Å². The fourth-order valence-corrected chi connectivity index (χ4v) is 3.62. The Labute approximate surface area is 186 Å². The Kier molecular flexibility index (Phi) is 6.73. The maximum Gasteiger partial charge on any atom is 0.436 e. The van der Waals surface area contributed by atoms with Crippen molar-refractivity contribution in [2.45, 2.75) is 19.6 Å². The number of nitrogens with zero attached hydrogens (tertiary/aromatic N) is 4. The largest absolute Gasteiger partial charge is 0.495 e. The highest BCUT2D eigenvalue weighted by Gasteiger charge is 2.38. The van der Waals surface area contributed by atoms with Gasteiger partial charge in [0.05, 0.1) is 35.2 Å². The number of amides is 1. The molecule has 1 N–H and O–H groups in total. The van der Waals surface area contributed by atoms with Gasteiger partial charge in [0.1, 0.15) is 12.3 Å². The summed E-state index contributed by atoms with van der Waals surface area (Å²) in [5.74, 6) is -0.0484. The number of methoxy groups -OCH3 is 1. The van der Waals surface area contributed by atoms with Crippen molar-refractivity contribution in [2.24, 2.45) is 0 Å². The van der Waals surface area contributed by atoms with Gasteiger partial charge in [-0.25, -0.2) is 0 Å². The van der Waals surface area contributed by atoms with Crippen LogP contribution < -0.4 is 9.64 Å². The predicted molar refractivity (Wildman–Crippen MR) is 109 cm³/mol. The lowest BCUT2D eigenvalue weighted by atomic mass is 10.2. The van der Waals surface area contributed by atoms with Crippen molar-refractivity contribution >= 4 is 34.8 Å². The van der Waals surface area contributed by atoms with Gasteiger partial charge in [0.25, 0.3) is 0 Å². The Balaban J connectivity index is 1.81. The first kappa shape index (κ1) is 23.2. The minimum absolute atomic E-state index is 0.0313. The molecule has 1 aromatic carbocycles. The first-order valence-electron chi connectivity index (χ1n) is 9.09. The van der Waals surface area contributed by atoms with E-state index in [0.717, 1.165) is 10.4 Å². The van der Waals surface area contributed by atoms with Crippen LogP contribution in [0.3, 0.4) is 0 Å². The molecule has 0 spiro atoms. The van der Waals surface area contributed by atoms with Crippen LogP contribution in [-0.2, 0) is 17.5 Å². The van der Waals surface area contributed by atoms with E-state index < -0.39 is 36.0 Å². The van der Waals surface area contributed by atoms with Crippen LogP contribution >= 0.6 is 23.2 Å². The van der Waals surface area contributed by atoms with Crippen LogP contribution in [0, 0.1) is 6.92 Å². The van der Waals surface area contributed by atoms with Gasteiger partial charge in [0, 0.05) is 31.0 Å². The lowest BCUT2D eigenvalue weighted by molar-refractivity contribution is -0.142. The number of carbonyl (C=O) groups excluding carboxylic acids is 1. The Bertz CT molecular complexity index is 1020. The summed E-state index contributed by atoms with van der Waals surface area (Å²) in [6, 6.07) is 5.16. The number of alkyl halides is 3. The molecule has 31 heavy (non-hydrogen) atoms. The number of carbonyl (C=O) groups is 1. The molecule has 0 unspecified atom stereocenters. The summed E-state index contributed by atoms with van der Waals surface area (Å²) in [7, 11) is 1.49. The lowest BCUT2D eigenvalue weighted by Gasteiger charge is -2.34. The highest BCUT2D eigenvalue weighted by Crippen LogP contribution is 2.35. The molecule has 0 saturated carbocycles. The first-order valence-corrected chi connectivity index (χ1v) is 9.84. The van der Waals surface area contributed by atoms with E-state index in [9.17, 15) is 23.1 Å². The van der Waals surface area contributed by atoms with Gasteiger partial charge in [-0.05, 0) is 19.1 Å². The van der Waals surface area contributed by atoms with Crippen LogP contribution in [0.25, 0.3) is 0 Å². The summed E-state index contributed by atoms with van der Waals surface area (Å²) in [4.78, 5) is 15.9. The molecule has 0 aliphatic carbocycles. The third-order valence-corrected chi connectivity index (χ3v) is 5.60. The minimum atomic E-state index is -4.72. The van der Waals surface area contributed by atoms with Gasteiger partial charge in [0.15, 0.2) is 5.69 Å². The third kappa shape index (κ3) is 4.76. The number of halogens is 5. The maximum atomic E-state index is 13.0. The van der Waals surface area contributed by atoms with E-state index in [4.69, 9.17) is 27.9 Å². The average Bonchev–Trinajstić information content (AvgIpc) is 3.02. The molecule has 1 amide bonds. The minimum Gasteiger partial charge on any atom is -0.495 e. The molecule has 1 aliphatic rings. The summed E-state index contributed by atoms with van der Waals surface area (Å²) in [5, 5.41) is 13.1. The van der Waals surface area contributed by atoms with Crippen molar-refractivity contribution < 1.29 is 27.8 Å². The first-order chi connectivity index (χ1) is 14.6. The summed E-state index contributed by atoms with van der Waals surface area (Å²) in [5.41, 5.74) is -0.177. The van der Waals surface area contributed by atoms with Crippen LogP contribution in [0.15, 0.2) is 30.1 Å². The second kappa shape index (κ2) is 8.97. The molecule has 0 bridgehead atoms. The van der Waals surface area contributed by atoms with Gasteiger partial charge >= 0.3 is 6.18 Å². The standard InChI is InChI=1S/C19H19Cl2F3N4O3/c1-11-17(21)18(19(22,23)24)25-28(11)9-16(30)27-6-5-26(8-13(27)10-29)12-3-4-14(20)15(7-12)31-2/h3-4,7-8,29H,5-6,9-10H2,1-2H3. The van der Waals surface area contributed by atoms with Gasteiger partial charge in [-0.3, -0.25) is 9.48 Å². The second-order valence-electron chi connectivity index (χ2n) is 6.74. The van der Waals surface area contributed by atoms with Crippen molar-refractivity contribution in [1.82, 2.24) is 14.7 Å². The molecular weight excluding hydrogens is 460 g/mol. The number of aliphatic hydroxyl groups is 1. The molecule has 2 heterocycles.